The number of cyclic esters (lactones) is 2. The fourth-order valence-corrected chi connectivity index (χ4v) is 16.2. The Morgan fingerprint density at radius 1 is 0.400 bits per heavy atom. The summed E-state index contributed by atoms with van der Waals surface area (Å²) in [6, 6.07) is 41.2. The second kappa shape index (κ2) is 51.6. The van der Waals surface area contributed by atoms with Crippen molar-refractivity contribution >= 4 is 170 Å². The molecule has 4 aliphatic rings. The summed E-state index contributed by atoms with van der Waals surface area (Å²) >= 11 is 47.7. The van der Waals surface area contributed by atoms with Crippen molar-refractivity contribution in [2.24, 2.45) is 11.7 Å². The number of phenols is 5. The molecule has 0 radical (unpaired) electrons. The van der Waals surface area contributed by atoms with Crippen LogP contribution in [0.25, 0.3) is 0 Å². The van der Waals surface area contributed by atoms with Crippen LogP contribution in [0.1, 0.15) is 180 Å². The normalized spacial score (nSPS) is 14.2. The number of benzene rings is 9. The van der Waals surface area contributed by atoms with E-state index in [1.807, 2.05) is 107 Å². The molecule has 9 aromatic carbocycles. The second-order valence-corrected chi connectivity index (χ2v) is 36.6. The Balaban J connectivity index is 0.000000393. The van der Waals surface area contributed by atoms with Crippen LogP contribution in [0.3, 0.4) is 0 Å². The van der Waals surface area contributed by atoms with Gasteiger partial charge in [-0.05, 0) is 278 Å². The van der Waals surface area contributed by atoms with E-state index in [2.05, 4.69) is 35.3 Å². The molecule has 7 N–H and O–H groups in total. The van der Waals surface area contributed by atoms with E-state index in [4.69, 9.17) is 122 Å². The van der Waals surface area contributed by atoms with Gasteiger partial charge in [-0.25, -0.2) is 9.59 Å². The Morgan fingerprint density at radius 2 is 0.640 bits per heavy atom. The first-order valence-electron chi connectivity index (χ1n) is 39.2. The van der Waals surface area contributed by atoms with Crippen LogP contribution in [0, 0.1) is 5.92 Å². The zero-order valence-corrected chi connectivity index (χ0v) is 80.2. The van der Waals surface area contributed by atoms with Gasteiger partial charge >= 0.3 is 30.8 Å². The SMILES string of the molecule is COc1cc(CC[C@@H](C)C[S@](=O)C(C)(C)C)ccc1O.COc1cc(CC[C@@H](C)N)ccc1O.COc1cc(CC[C@@H](C)N2C(=O)c3cc(Cl)c(Cl)cc3C2=O)ccc1O.COc1cc(CC[C@@H](C)N2Cc3cc(Cl)c(Cl)cc3C2)ccc1O.COc1cc(CC[C@@H](C)N2Cc3cc(Cl)c(Cl)cc3C2)ccc1O.Cl.Cl.O=C1OC(=O)c2cc(Cl)c(Cl)cc21.[AlH3].[H-].[Li+]. The van der Waals surface area contributed by atoms with Crippen LogP contribution in [0.4, 0.5) is 0 Å². The number of imide groups is 1. The first kappa shape index (κ1) is 111. The summed E-state index contributed by atoms with van der Waals surface area (Å²) in [7, 11) is 6.92. The average Bonchev–Trinajstić information content (AvgIpc) is 1.61. The molecule has 125 heavy (non-hydrogen) atoms. The molecule has 4 heterocycles. The smallest absolute Gasteiger partial charge is 1.00 e. The molecular formula is C92H110AlCl10LiN4O16S. The molecule has 20 nitrogen and oxygen atoms in total. The summed E-state index contributed by atoms with van der Waals surface area (Å²) in [6.45, 7) is 20.1. The van der Waals surface area contributed by atoms with Crippen LogP contribution < -0.4 is 48.3 Å². The summed E-state index contributed by atoms with van der Waals surface area (Å²) in [5.74, 6) is 2.30. The quantitative estimate of drug-likeness (QED) is 0.0134. The number of carbonyl (C=O) groups excluding carboxylic acids is 4. The minimum atomic E-state index is -0.800. The first-order valence-corrected chi connectivity index (χ1v) is 43.6. The van der Waals surface area contributed by atoms with Crippen molar-refractivity contribution in [3.8, 4) is 57.5 Å². The summed E-state index contributed by atoms with van der Waals surface area (Å²) in [5, 5.41) is 51.4. The van der Waals surface area contributed by atoms with Crippen molar-refractivity contribution in [1.29, 1.82) is 0 Å². The van der Waals surface area contributed by atoms with Gasteiger partial charge in [-0.1, -0.05) is 130 Å². The molecule has 0 unspecified atom stereocenters. The largest absolute Gasteiger partial charge is 1.00 e. The number of aryl methyl sites for hydroxylation is 5. The van der Waals surface area contributed by atoms with Gasteiger partial charge in [-0.3, -0.25) is 28.5 Å². The maximum atomic E-state index is 12.6. The molecule has 0 bridgehead atoms. The molecule has 0 saturated carbocycles. The maximum Gasteiger partial charge on any atom is 1.00 e. The predicted molar refractivity (Wildman–Crippen MR) is 509 cm³/mol. The monoisotopic (exact) mass is 1940 g/mol. The number of esters is 2. The van der Waals surface area contributed by atoms with Crippen LogP contribution in [-0.2, 0) is 73.8 Å². The van der Waals surface area contributed by atoms with Gasteiger partial charge in [0.15, 0.2) is 74.9 Å². The van der Waals surface area contributed by atoms with Gasteiger partial charge in [-0.2, -0.15) is 0 Å². The maximum absolute atomic E-state index is 12.6. The number of hydrogen-bond acceptors (Lipinski definition) is 19. The number of methoxy groups -OCH3 is 5. The third-order valence-electron chi connectivity index (χ3n) is 21.0. The van der Waals surface area contributed by atoms with Crippen molar-refractivity contribution < 1.29 is 97.6 Å². The molecule has 4 aliphatic heterocycles. The van der Waals surface area contributed by atoms with E-state index in [1.165, 1.54) is 69.7 Å². The number of ether oxygens (including phenoxy) is 6. The van der Waals surface area contributed by atoms with Gasteiger partial charge in [0, 0.05) is 71.6 Å². The van der Waals surface area contributed by atoms with E-state index >= 15 is 0 Å². The molecule has 33 heteroatoms. The van der Waals surface area contributed by atoms with E-state index in [0.717, 1.165) is 100.0 Å². The molecule has 6 atom stereocenters. The molecule has 2 amide bonds. The number of carbonyl (C=O) groups is 4. The number of aromatic hydroxyl groups is 5. The van der Waals surface area contributed by atoms with E-state index in [1.54, 1.807) is 70.9 Å². The van der Waals surface area contributed by atoms with Crippen molar-refractivity contribution in [3.05, 3.63) is 252 Å². The van der Waals surface area contributed by atoms with Gasteiger partial charge in [-0.15, -0.1) is 24.8 Å². The van der Waals surface area contributed by atoms with Crippen LogP contribution in [0.15, 0.2) is 140 Å². The minimum Gasteiger partial charge on any atom is -1.00 e. The summed E-state index contributed by atoms with van der Waals surface area (Å²) in [5.41, 5.74) is 17.2. The van der Waals surface area contributed by atoms with Gasteiger partial charge in [0.25, 0.3) is 11.8 Å². The van der Waals surface area contributed by atoms with Gasteiger partial charge in [0.05, 0.1) is 98.0 Å². The number of fused-ring (bicyclic) bond motifs is 4. The van der Waals surface area contributed by atoms with E-state index in [-0.39, 0.29) is 162 Å². The third kappa shape index (κ3) is 31.3. The summed E-state index contributed by atoms with van der Waals surface area (Å²) in [6.07, 6.45) is 8.86. The zero-order chi connectivity index (χ0) is 89.0. The van der Waals surface area contributed by atoms with Crippen molar-refractivity contribution in [2.75, 3.05) is 41.3 Å². The average molecular weight is 1950 g/mol. The Kier molecular flexibility index (Phi) is 45.7. The molecular weight excluding hydrogens is 1840 g/mol. The van der Waals surface area contributed by atoms with Gasteiger partial charge in [0.1, 0.15) is 0 Å². The number of phenolic OH excluding ortho intramolecular Hbond substituents is 5. The van der Waals surface area contributed by atoms with Crippen molar-refractivity contribution in [2.45, 2.75) is 175 Å². The minimum absolute atomic E-state index is 0. The predicted octanol–water partition coefficient (Wildman–Crippen LogP) is 18.7. The number of nitrogens with zero attached hydrogens (tertiary/aromatic N) is 3. The topological polar surface area (TPSA) is 278 Å². The fourth-order valence-electron chi connectivity index (χ4n) is 13.6. The Hall–Kier alpha value is -6.68. The number of nitrogens with two attached hydrogens (primary N) is 1. The Morgan fingerprint density at radius 3 is 0.896 bits per heavy atom. The third-order valence-corrected chi connectivity index (χ3v) is 26.1. The van der Waals surface area contributed by atoms with Crippen LogP contribution in [0.2, 0.25) is 40.2 Å². The standard InChI is InChI=1S/C19H17Cl2NO4.2C19H21Cl2NO2.C16H26O3S.C11H17NO2.C8H2Cl2O3.Al.2ClH.Li.4H/c1-10(3-4-11-5-6-16(23)17(7-11)26-2)22-18(24)12-8-14(20)15(21)9-13(12)19(22)25;2*1-12(3-4-13-5-6-18(23)19(7-13)24-2)22-10-14-8-16(20)17(21)9-15(14)11-22;1-12(11-20(18)16(2,3)4)6-7-13-8-9-14(17)15(10-13)19-5;1-8(12)3-4-9-5-6-10(13)11(7-9)14-2;9-5-1-3-4(2-6(5)10)8(12)13-7(3)11;;;;;;;;/h5-10,23H,3-4H2,1-2H3;2*5-9,12,23H,3-4,10-11H2,1-2H3;8-10,12,17H,6-7,11H2,1-5H3;5-8,13H,3-4,12H2,1-2H3;1-2H;;2*1H;;;;;/q;;;;;;;;;+1;;;;-1/t10-;2*12-;12-,20+;8-;;;;;;;;;/m11111........./s1. The molecule has 674 valence electrons. The Bertz CT molecular complexity index is 4950. The van der Waals surface area contributed by atoms with Crippen LogP contribution >= 0.6 is 118 Å². The van der Waals surface area contributed by atoms with E-state index < -0.39 is 22.7 Å². The van der Waals surface area contributed by atoms with Gasteiger partial charge in [0.2, 0.25) is 0 Å². The van der Waals surface area contributed by atoms with Crippen molar-refractivity contribution in [1.82, 2.24) is 14.7 Å². The first-order chi connectivity index (χ1) is 57.2. The fraction of sp³-hybridized carbons (Fsp3) is 0.370. The molecule has 13 rings (SSSR count). The number of halogens is 10. The van der Waals surface area contributed by atoms with E-state index in [9.17, 15) is 48.9 Å². The van der Waals surface area contributed by atoms with Crippen molar-refractivity contribution in [3.63, 3.8) is 0 Å². The molecule has 0 aromatic heterocycles. The molecule has 0 saturated heterocycles. The van der Waals surface area contributed by atoms with Crippen LogP contribution in [-0.4, -0.2) is 156 Å². The molecule has 0 fully saturated rings. The number of amides is 2. The van der Waals surface area contributed by atoms with Crippen LogP contribution in [0.5, 0.6) is 57.5 Å². The zero-order valence-electron chi connectivity index (χ0n) is 72.7. The molecule has 9 aromatic rings. The van der Waals surface area contributed by atoms with Gasteiger partial charge < -0.3 is 61.1 Å². The number of rotatable bonds is 25. The Labute approximate surface area is 811 Å². The summed E-state index contributed by atoms with van der Waals surface area (Å²) < 4.78 is 41.8. The molecule has 0 aliphatic carbocycles. The number of hydrogen-bond donors (Lipinski definition) is 6. The molecule has 0 spiro atoms. The van der Waals surface area contributed by atoms with E-state index in [0.29, 0.717) is 79.7 Å². The second-order valence-electron chi connectivity index (χ2n) is 31.1. The summed E-state index contributed by atoms with van der Waals surface area (Å²) in [4.78, 5) is 53.4.